The standard InChI is InChI=1S/C12H16FN3O2/c1-8(2)18-7-10-4-3-9(5-11(10)13)6-15-16-12(14)17/h3-6,8H,7H2,1-2H3,(H3,14,16,17). The first kappa shape index (κ1) is 14.1. The van der Waals surface area contributed by atoms with Gasteiger partial charge >= 0.3 is 6.03 Å². The zero-order chi connectivity index (χ0) is 13.5. The van der Waals surface area contributed by atoms with Crippen LogP contribution in [-0.2, 0) is 11.3 Å². The monoisotopic (exact) mass is 253 g/mol. The first-order chi connectivity index (χ1) is 8.49. The molecule has 3 N–H and O–H groups in total. The van der Waals surface area contributed by atoms with E-state index in [0.717, 1.165) is 0 Å². The normalized spacial score (nSPS) is 11.1. The predicted molar refractivity (Wildman–Crippen MR) is 66.6 cm³/mol. The molecule has 5 nitrogen and oxygen atoms in total. The Morgan fingerprint density at radius 1 is 1.61 bits per heavy atom. The van der Waals surface area contributed by atoms with Gasteiger partial charge in [-0.05, 0) is 25.5 Å². The van der Waals surface area contributed by atoms with Crippen molar-refractivity contribution < 1.29 is 13.9 Å². The van der Waals surface area contributed by atoms with Gasteiger partial charge in [0.1, 0.15) is 5.82 Å². The zero-order valence-electron chi connectivity index (χ0n) is 10.3. The Bertz CT molecular complexity index is 447. The van der Waals surface area contributed by atoms with E-state index in [1.54, 1.807) is 12.1 Å². The summed E-state index contributed by atoms with van der Waals surface area (Å²) in [6.07, 6.45) is 1.35. The van der Waals surface area contributed by atoms with Crippen LogP contribution in [0.1, 0.15) is 25.0 Å². The van der Waals surface area contributed by atoms with Crippen LogP contribution in [0.2, 0.25) is 0 Å². The second-order valence-corrected chi connectivity index (χ2v) is 3.94. The smallest absolute Gasteiger partial charge is 0.332 e. The lowest BCUT2D eigenvalue weighted by Crippen LogP contribution is -2.24. The Kier molecular flexibility index (Phi) is 5.26. The fourth-order valence-corrected chi connectivity index (χ4v) is 1.19. The molecule has 98 valence electrons. The number of carbonyl (C=O) groups is 1. The van der Waals surface area contributed by atoms with E-state index >= 15 is 0 Å². The van der Waals surface area contributed by atoms with Crippen LogP contribution in [-0.4, -0.2) is 18.3 Å². The second-order valence-electron chi connectivity index (χ2n) is 3.94. The van der Waals surface area contributed by atoms with E-state index in [-0.39, 0.29) is 18.5 Å². The van der Waals surface area contributed by atoms with Gasteiger partial charge in [-0.15, -0.1) is 0 Å². The molecule has 1 aromatic carbocycles. The van der Waals surface area contributed by atoms with Crippen LogP contribution >= 0.6 is 0 Å². The predicted octanol–water partition coefficient (Wildman–Crippen LogP) is 1.75. The highest BCUT2D eigenvalue weighted by Gasteiger charge is 2.04. The fourth-order valence-electron chi connectivity index (χ4n) is 1.19. The van der Waals surface area contributed by atoms with Crippen LogP contribution in [0.4, 0.5) is 9.18 Å². The average Bonchev–Trinajstić information content (AvgIpc) is 2.27. The molecule has 0 unspecified atom stereocenters. The van der Waals surface area contributed by atoms with Crippen molar-refractivity contribution >= 4 is 12.2 Å². The molecule has 1 rings (SSSR count). The summed E-state index contributed by atoms with van der Waals surface area (Å²) >= 11 is 0. The number of halogens is 1. The van der Waals surface area contributed by atoms with Gasteiger partial charge in [0.25, 0.3) is 0 Å². The molecule has 0 saturated heterocycles. The molecule has 1 aromatic rings. The number of hydrazone groups is 1. The lowest BCUT2D eigenvalue weighted by molar-refractivity contribution is 0.0639. The van der Waals surface area contributed by atoms with Crippen molar-refractivity contribution in [3.8, 4) is 0 Å². The molecule has 0 atom stereocenters. The number of benzene rings is 1. The molecule has 0 spiro atoms. The van der Waals surface area contributed by atoms with Gasteiger partial charge in [0.2, 0.25) is 0 Å². The molecule has 18 heavy (non-hydrogen) atoms. The average molecular weight is 253 g/mol. The minimum Gasteiger partial charge on any atom is -0.374 e. The Labute approximate surface area is 105 Å². The van der Waals surface area contributed by atoms with Crippen LogP contribution in [0.5, 0.6) is 0 Å². The second kappa shape index (κ2) is 6.70. The lowest BCUT2D eigenvalue weighted by Gasteiger charge is -2.08. The SMILES string of the molecule is CC(C)OCc1ccc(C=NNC(N)=O)cc1F. The quantitative estimate of drug-likeness (QED) is 0.619. The minimum absolute atomic E-state index is 0.0467. The summed E-state index contributed by atoms with van der Waals surface area (Å²) in [5, 5.41) is 3.54. The summed E-state index contributed by atoms with van der Waals surface area (Å²) in [4.78, 5) is 10.4. The molecule has 0 saturated carbocycles. The van der Waals surface area contributed by atoms with Gasteiger partial charge in [-0.2, -0.15) is 5.10 Å². The largest absolute Gasteiger partial charge is 0.374 e. The maximum atomic E-state index is 13.6. The minimum atomic E-state index is -0.770. The van der Waals surface area contributed by atoms with E-state index in [9.17, 15) is 9.18 Å². The summed E-state index contributed by atoms with van der Waals surface area (Å²) in [5.41, 5.74) is 7.85. The fraction of sp³-hybridized carbons (Fsp3) is 0.333. The number of hydrogen-bond acceptors (Lipinski definition) is 3. The third-order valence-corrected chi connectivity index (χ3v) is 2.04. The number of nitrogens with two attached hydrogens (primary N) is 1. The summed E-state index contributed by atoms with van der Waals surface area (Å²) in [6.45, 7) is 3.99. The first-order valence-electron chi connectivity index (χ1n) is 5.47. The van der Waals surface area contributed by atoms with Crippen molar-refractivity contribution in [1.82, 2.24) is 5.43 Å². The van der Waals surface area contributed by atoms with E-state index < -0.39 is 6.03 Å². The highest BCUT2D eigenvalue weighted by molar-refractivity contribution is 5.81. The number of rotatable bonds is 5. The third-order valence-electron chi connectivity index (χ3n) is 2.04. The number of hydrogen-bond donors (Lipinski definition) is 2. The highest BCUT2D eigenvalue weighted by atomic mass is 19.1. The molecule has 2 amide bonds. The maximum absolute atomic E-state index is 13.6. The highest BCUT2D eigenvalue weighted by Crippen LogP contribution is 2.11. The van der Waals surface area contributed by atoms with Crippen LogP contribution in [0.25, 0.3) is 0 Å². The van der Waals surface area contributed by atoms with Crippen molar-refractivity contribution in [2.24, 2.45) is 10.8 Å². The van der Waals surface area contributed by atoms with Gasteiger partial charge in [-0.1, -0.05) is 12.1 Å². The van der Waals surface area contributed by atoms with Crippen LogP contribution in [0.15, 0.2) is 23.3 Å². The van der Waals surface area contributed by atoms with Gasteiger partial charge in [-0.25, -0.2) is 14.6 Å². The number of ether oxygens (including phenoxy) is 1. The summed E-state index contributed by atoms with van der Waals surface area (Å²) in [5.74, 6) is -0.376. The van der Waals surface area contributed by atoms with E-state index in [1.807, 2.05) is 19.3 Å². The Morgan fingerprint density at radius 2 is 2.33 bits per heavy atom. The topological polar surface area (TPSA) is 76.7 Å². The maximum Gasteiger partial charge on any atom is 0.332 e. The van der Waals surface area contributed by atoms with Crippen LogP contribution in [0.3, 0.4) is 0 Å². The molecule has 0 fully saturated rings. The van der Waals surface area contributed by atoms with Gasteiger partial charge in [0, 0.05) is 5.56 Å². The van der Waals surface area contributed by atoms with E-state index in [4.69, 9.17) is 10.5 Å². The van der Waals surface area contributed by atoms with Crippen molar-refractivity contribution in [3.05, 3.63) is 35.1 Å². The number of nitrogens with zero attached hydrogens (tertiary/aromatic N) is 1. The van der Waals surface area contributed by atoms with Gasteiger partial charge in [0.15, 0.2) is 0 Å². The molecular formula is C12H16FN3O2. The number of carbonyl (C=O) groups excluding carboxylic acids is 1. The van der Waals surface area contributed by atoms with Gasteiger partial charge in [0.05, 0.1) is 18.9 Å². The summed E-state index contributed by atoms with van der Waals surface area (Å²) in [6, 6.07) is 3.83. The molecule has 0 radical (unpaired) electrons. The van der Waals surface area contributed by atoms with Gasteiger partial charge < -0.3 is 10.5 Å². The molecule has 0 aliphatic carbocycles. The Hall–Kier alpha value is -1.95. The number of nitrogens with one attached hydrogen (secondary N) is 1. The molecular weight excluding hydrogens is 237 g/mol. The summed E-state index contributed by atoms with van der Waals surface area (Å²) < 4.78 is 18.9. The molecule has 6 heteroatoms. The lowest BCUT2D eigenvalue weighted by atomic mass is 10.1. The number of amides is 2. The first-order valence-corrected chi connectivity index (χ1v) is 5.47. The van der Waals surface area contributed by atoms with E-state index in [0.29, 0.717) is 11.1 Å². The van der Waals surface area contributed by atoms with Crippen molar-refractivity contribution in [1.29, 1.82) is 0 Å². The molecule has 0 aliphatic heterocycles. The van der Waals surface area contributed by atoms with Crippen LogP contribution in [0, 0.1) is 5.82 Å². The van der Waals surface area contributed by atoms with Gasteiger partial charge in [-0.3, -0.25) is 0 Å². The van der Waals surface area contributed by atoms with E-state index in [1.165, 1.54) is 12.3 Å². The van der Waals surface area contributed by atoms with Crippen LogP contribution < -0.4 is 11.2 Å². The number of primary amides is 1. The van der Waals surface area contributed by atoms with E-state index in [2.05, 4.69) is 5.10 Å². The Balaban J connectivity index is 2.67. The van der Waals surface area contributed by atoms with Crippen molar-refractivity contribution in [2.45, 2.75) is 26.6 Å². The number of urea groups is 1. The zero-order valence-corrected chi connectivity index (χ0v) is 10.3. The van der Waals surface area contributed by atoms with Crippen molar-refractivity contribution in [3.63, 3.8) is 0 Å². The third kappa shape index (κ3) is 4.92. The molecule has 0 bridgehead atoms. The summed E-state index contributed by atoms with van der Waals surface area (Å²) in [7, 11) is 0. The molecule has 0 aliphatic rings. The molecule has 0 heterocycles. The van der Waals surface area contributed by atoms with Crippen molar-refractivity contribution in [2.75, 3.05) is 0 Å². The molecule has 0 aromatic heterocycles. The Morgan fingerprint density at radius 3 is 2.89 bits per heavy atom.